The van der Waals surface area contributed by atoms with Crippen LogP contribution in [0.4, 0.5) is 5.69 Å². The van der Waals surface area contributed by atoms with E-state index in [1.807, 2.05) is 49.4 Å². The molecule has 1 unspecified atom stereocenters. The van der Waals surface area contributed by atoms with Crippen LogP contribution >= 0.6 is 0 Å². The van der Waals surface area contributed by atoms with Crippen molar-refractivity contribution in [1.82, 2.24) is 0 Å². The van der Waals surface area contributed by atoms with Gasteiger partial charge in [-0.2, -0.15) is 0 Å². The van der Waals surface area contributed by atoms with Gasteiger partial charge in [-0.3, -0.25) is 0 Å². The summed E-state index contributed by atoms with van der Waals surface area (Å²) >= 11 is 0. The first-order valence-corrected chi connectivity index (χ1v) is 11.8. The number of rotatable bonds is 3. The third-order valence-electron chi connectivity index (χ3n) is 6.57. The van der Waals surface area contributed by atoms with E-state index < -0.39 is 5.60 Å². The monoisotopic (exact) mass is 449 g/mol. The van der Waals surface area contributed by atoms with Crippen LogP contribution in [0.15, 0.2) is 77.7 Å². The van der Waals surface area contributed by atoms with Crippen molar-refractivity contribution in [3.63, 3.8) is 0 Å². The lowest BCUT2D eigenvalue weighted by Gasteiger charge is -2.41. The second-order valence-corrected chi connectivity index (χ2v) is 10.2. The summed E-state index contributed by atoms with van der Waals surface area (Å²) < 4.78 is 6.45. The molecule has 2 aliphatic heterocycles. The summed E-state index contributed by atoms with van der Waals surface area (Å²) in [4.78, 5) is 5.95. The zero-order valence-electron chi connectivity index (χ0n) is 20.4. The minimum absolute atomic E-state index is 0.0965. The van der Waals surface area contributed by atoms with Crippen molar-refractivity contribution in [1.29, 1.82) is 5.26 Å². The molecule has 4 nitrogen and oxygen atoms in total. The summed E-state index contributed by atoms with van der Waals surface area (Å²) in [5.41, 5.74) is 5.10. The van der Waals surface area contributed by atoms with Crippen molar-refractivity contribution < 1.29 is 4.74 Å². The van der Waals surface area contributed by atoms with Crippen LogP contribution in [0.1, 0.15) is 57.2 Å². The molecule has 0 aliphatic carbocycles. The third kappa shape index (κ3) is 4.78. The second-order valence-electron chi connectivity index (χ2n) is 10.2. The van der Waals surface area contributed by atoms with Crippen molar-refractivity contribution in [3.8, 4) is 6.07 Å². The molecule has 2 heterocycles. The molecule has 4 rings (SSSR count). The smallest absolute Gasteiger partial charge is 0.265 e. The Bertz CT molecular complexity index is 1230. The fourth-order valence-electron chi connectivity index (χ4n) is 4.86. The summed E-state index contributed by atoms with van der Waals surface area (Å²) in [7, 11) is 0. The lowest BCUT2D eigenvalue weighted by molar-refractivity contribution is 0.0143. The van der Waals surface area contributed by atoms with Crippen LogP contribution in [0.3, 0.4) is 0 Å². The number of aryl methyl sites for hydroxylation is 1. The predicted octanol–water partition coefficient (Wildman–Crippen LogP) is 7.17. The first kappa shape index (κ1) is 23.4. The lowest BCUT2D eigenvalue weighted by atomic mass is 9.85. The normalized spacial score (nSPS) is 21.7. The number of hydrogen-bond donors (Lipinski definition) is 0. The van der Waals surface area contributed by atoms with E-state index in [1.165, 1.54) is 11.3 Å². The van der Waals surface area contributed by atoms with Crippen LogP contribution in [-0.4, -0.2) is 12.1 Å². The van der Waals surface area contributed by atoms with Crippen molar-refractivity contribution in [2.24, 2.45) is 0 Å². The predicted molar refractivity (Wildman–Crippen MR) is 138 cm³/mol. The van der Waals surface area contributed by atoms with E-state index in [2.05, 4.69) is 60.9 Å². The Morgan fingerprint density at radius 2 is 1.94 bits per heavy atom. The molecule has 0 fully saturated rings. The van der Waals surface area contributed by atoms with Gasteiger partial charge in [0.15, 0.2) is 0 Å². The number of nitriles is 1. The van der Waals surface area contributed by atoms with Crippen molar-refractivity contribution in [3.05, 3.63) is 106 Å². The van der Waals surface area contributed by atoms with E-state index in [1.54, 1.807) is 0 Å². The van der Waals surface area contributed by atoms with Gasteiger partial charge in [-0.25, -0.2) is 10.1 Å². The SMILES string of the molecule is [C-]#[N+]C(C#N)=C1C=C(C=Cc2ccc3c(c2)CCCN3C(C)(C)C)OC(C)(c2ccccc2)C1. The summed E-state index contributed by atoms with van der Waals surface area (Å²) in [6.07, 6.45) is 8.55. The Hall–Kier alpha value is -3.76. The quantitative estimate of drug-likeness (QED) is 0.368. The molecule has 2 aromatic rings. The minimum atomic E-state index is -0.652. The minimum Gasteiger partial charge on any atom is -0.483 e. The van der Waals surface area contributed by atoms with E-state index in [9.17, 15) is 5.26 Å². The maximum absolute atomic E-state index is 9.49. The highest BCUT2D eigenvalue weighted by molar-refractivity contribution is 5.64. The molecule has 0 N–H and O–H groups in total. The van der Waals surface area contributed by atoms with Gasteiger partial charge >= 0.3 is 0 Å². The maximum Gasteiger partial charge on any atom is 0.265 e. The standard InChI is InChI=1S/C30H31N3O/c1-29(2,3)33-17-9-10-23-18-22(14-16-28(23)33)13-15-26-19-24(27(21-31)32-5)20-30(4,34-26)25-11-7-6-8-12-25/h6-8,11-16,18-19H,9-10,17,20H2,1-4H3. The Kier molecular flexibility index (Phi) is 6.36. The first-order chi connectivity index (χ1) is 16.2. The van der Waals surface area contributed by atoms with Crippen LogP contribution in [0.5, 0.6) is 0 Å². The van der Waals surface area contributed by atoms with Gasteiger partial charge in [-0.15, -0.1) is 0 Å². The largest absolute Gasteiger partial charge is 0.483 e. The number of hydrogen-bond acceptors (Lipinski definition) is 3. The van der Waals surface area contributed by atoms with E-state index >= 15 is 0 Å². The average Bonchev–Trinajstić information content (AvgIpc) is 2.83. The van der Waals surface area contributed by atoms with Crippen molar-refractivity contribution in [2.45, 2.75) is 58.1 Å². The summed E-state index contributed by atoms with van der Waals surface area (Å²) in [6, 6.07) is 18.7. The third-order valence-corrected chi connectivity index (χ3v) is 6.57. The van der Waals surface area contributed by atoms with Crippen LogP contribution in [0, 0.1) is 17.9 Å². The Morgan fingerprint density at radius 3 is 2.62 bits per heavy atom. The molecular weight excluding hydrogens is 418 g/mol. The van der Waals surface area contributed by atoms with Gasteiger partial charge in [0, 0.05) is 24.2 Å². The number of benzene rings is 2. The number of nitrogens with zero attached hydrogens (tertiary/aromatic N) is 3. The number of allylic oxidation sites excluding steroid dienone is 3. The van der Waals surface area contributed by atoms with Gasteiger partial charge in [-0.1, -0.05) is 42.5 Å². The van der Waals surface area contributed by atoms with Gasteiger partial charge in [0.25, 0.3) is 5.70 Å². The van der Waals surface area contributed by atoms with Gasteiger partial charge in [-0.05, 0) is 87.1 Å². The fourth-order valence-corrected chi connectivity index (χ4v) is 4.86. The highest BCUT2D eigenvalue weighted by Gasteiger charge is 2.34. The highest BCUT2D eigenvalue weighted by atomic mass is 16.5. The summed E-state index contributed by atoms with van der Waals surface area (Å²) in [5, 5.41) is 9.49. The zero-order chi connectivity index (χ0) is 24.3. The maximum atomic E-state index is 9.49. The molecule has 4 heteroatoms. The fraction of sp³-hybridized carbons (Fsp3) is 0.333. The molecule has 172 valence electrons. The molecule has 0 amide bonds. The topological polar surface area (TPSA) is 40.6 Å². The van der Waals surface area contributed by atoms with Crippen molar-refractivity contribution in [2.75, 3.05) is 11.4 Å². The molecule has 0 radical (unpaired) electrons. The Labute approximate surface area is 203 Å². The zero-order valence-corrected chi connectivity index (χ0v) is 20.4. The number of fused-ring (bicyclic) bond motifs is 1. The molecule has 2 aliphatic rings. The van der Waals surface area contributed by atoms with Crippen molar-refractivity contribution >= 4 is 11.8 Å². The molecule has 0 aromatic heterocycles. The molecule has 1 atom stereocenters. The molecule has 0 bridgehead atoms. The average molecular weight is 450 g/mol. The van der Waals surface area contributed by atoms with Crippen LogP contribution in [0.2, 0.25) is 0 Å². The van der Waals surface area contributed by atoms with Gasteiger partial charge in [0.2, 0.25) is 0 Å². The molecule has 0 spiro atoms. The molecule has 34 heavy (non-hydrogen) atoms. The molecule has 0 saturated carbocycles. The number of ether oxygens (including phenoxy) is 1. The van der Waals surface area contributed by atoms with Crippen LogP contribution < -0.4 is 4.90 Å². The lowest BCUT2D eigenvalue weighted by Crippen LogP contribution is -2.44. The molecule has 2 aromatic carbocycles. The van der Waals surface area contributed by atoms with Crippen LogP contribution in [-0.2, 0) is 16.8 Å². The summed E-state index contributed by atoms with van der Waals surface area (Å²) in [6.45, 7) is 17.3. The number of anilines is 1. The second kappa shape index (κ2) is 9.24. The van der Waals surface area contributed by atoms with E-state index in [-0.39, 0.29) is 11.2 Å². The highest BCUT2D eigenvalue weighted by Crippen LogP contribution is 2.40. The van der Waals surface area contributed by atoms with Crippen LogP contribution in [0.25, 0.3) is 10.9 Å². The Balaban J connectivity index is 1.67. The van der Waals surface area contributed by atoms with E-state index in [4.69, 9.17) is 11.3 Å². The van der Waals surface area contributed by atoms with Gasteiger partial charge < -0.3 is 9.64 Å². The molecular formula is C30H31N3O. The molecule has 0 saturated heterocycles. The van der Waals surface area contributed by atoms with Gasteiger partial charge in [0.05, 0.1) is 12.6 Å². The van der Waals surface area contributed by atoms with Gasteiger partial charge in [0.1, 0.15) is 11.4 Å². The summed E-state index contributed by atoms with van der Waals surface area (Å²) in [5.74, 6) is 0.651. The Morgan fingerprint density at radius 1 is 1.18 bits per heavy atom. The van der Waals surface area contributed by atoms with E-state index in [0.717, 1.165) is 30.5 Å². The van der Waals surface area contributed by atoms with E-state index in [0.29, 0.717) is 17.8 Å². The first-order valence-electron chi connectivity index (χ1n) is 11.8.